The van der Waals surface area contributed by atoms with Crippen LogP contribution >= 0.6 is 0 Å². The molecule has 1 saturated heterocycles. The Bertz CT molecular complexity index is 309. The highest BCUT2D eigenvalue weighted by molar-refractivity contribution is 5.73. The summed E-state index contributed by atoms with van der Waals surface area (Å²) in [5, 5.41) is 10.0. The van der Waals surface area contributed by atoms with Gasteiger partial charge >= 0.3 is 0 Å². The quantitative estimate of drug-likeness (QED) is 0.656. The zero-order valence-electron chi connectivity index (χ0n) is 8.16. The van der Waals surface area contributed by atoms with Crippen LogP contribution in [0.1, 0.15) is 18.5 Å². The number of piperazine rings is 1. The predicted molar refractivity (Wildman–Crippen MR) is 51.6 cm³/mol. The second kappa shape index (κ2) is 3.79. The number of nitrogens with zero attached hydrogens (tertiary/aromatic N) is 2. The molecule has 0 aromatic carbocycles. The van der Waals surface area contributed by atoms with Gasteiger partial charge in [0.15, 0.2) is 0 Å². The summed E-state index contributed by atoms with van der Waals surface area (Å²) < 4.78 is 0. The van der Waals surface area contributed by atoms with Crippen molar-refractivity contribution in [1.29, 1.82) is 0 Å². The van der Waals surface area contributed by atoms with Crippen LogP contribution in [0.25, 0.3) is 0 Å². The van der Waals surface area contributed by atoms with Crippen LogP contribution in [-0.2, 0) is 4.79 Å². The van der Waals surface area contributed by atoms with Crippen molar-refractivity contribution in [2.45, 2.75) is 13.0 Å². The molecule has 1 fully saturated rings. The molecule has 2 N–H and O–H groups in total. The molecule has 5 nitrogen and oxygen atoms in total. The SMILES string of the molecule is CC(=O)N1CCNC(c2cn[nH]c2)C1. The first-order valence-corrected chi connectivity index (χ1v) is 4.75. The van der Waals surface area contributed by atoms with E-state index in [4.69, 9.17) is 0 Å². The van der Waals surface area contributed by atoms with Crippen molar-refractivity contribution in [2.24, 2.45) is 0 Å². The second-order valence-corrected chi connectivity index (χ2v) is 3.50. The number of hydrogen-bond acceptors (Lipinski definition) is 3. The molecule has 2 heterocycles. The Morgan fingerprint density at radius 1 is 1.71 bits per heavy atom. The van der Waals surface area contributed by atoms with E-state index in [0.717, 1.165) is 25.2 Å². The lowest BCUT2D eigenvalue weighted by Gasteiger charge is -2.32. The molecule has 76 valence electrons. The Morgan fingerprint density at radius 3 is 3.21 bits per heavy atom. The van der Waals surface area contributed by atoms with Crippen molar-refractivity contribution in [3.8, 4) is 0 Å². The van der Waals surface area contributed by atoms with Crippen molar-refractivity contribution < 1.29 is 4.79 Å². The van der Waals surface area contributed by atoms with E-state index < -0.39 is 0 Å². The highest BCUT2D eigenvalue weighted by atomic mass is 16.2. The number of aromatic amines is 1. The fourth-order valence-electron chi connectivity index (χ4n) is 1.71. The topological polar surface area (TPSA) is 61.0 Å². The molecule has 0 aliphatic carbocycles. The zero-order chi connectivity index (χ0) is 9.97. The molecule has 1 unspecified atom stereocenters. The van der Waals surface area contributed by atoms with Crippen molar-refractivity contribution in [3.63, 3.8) is 0 Å². The maximum absolute atomic E-state index is 11.2. The van der Waals surface area contributed by atoms with E-state index in [1.54, 1.807) is 13.1 Å². The number of nitrogens with one attached hydrogen (secondary N) is 2. The zero-order valence-corrected chi connectivity index (χ0v) is 8.16. The largest absolute Gasteiger partial charge is 0.340 e. The maximum atomic E-state index is 11.2. The molecular weight excluding hydrogens is 180 g/mol. The van der Waals surface area contributed by atoms with Crippen LogP contribution in [0.5, 0.6) is 0 Å². The summed E-state index contributed by atoms with van der Waals surface area (Å²) in [4.78, 5) is 13.0. The minimum atomic E-state index is 0.139. The Kier molecular flexibility index (Phi) is 2.49. The molecule has 0 radical (unpaired) electrons. The van der Waals surface area contributed by atoms with Crippen molar-refractivity contribution >= 4 is 5.91 Å². The summed E-state index contributed by atoms with van der Waals surface area (Å²) in [6, 6.07) is 0.214. The second-order valence-electron chi connectivity index (χ2n) is 3.50. The lowest BCUT2D eigenvalue weighted by Crippen LogP contribution is -2.47. The molecule has 0 saturated carbocycles. The lowest BCUT2D eigenvalue weighted by atomic mass is 10.1. The van der Waals surface area contributed by atoms with Crippen LogP contribution in [0.15, 0.2) is 12.4 Å². The molecule has 2 rings (SSSR count). The van der Waals surface area contributed by atoms with Crippen LogP contribution in [-0.4, -0.2) is 40.6 Å². The van der Waals surface area contributed by atoms with Gasteiger partial charge in [0, 0.05) is 38.3 Å². The number of carbonyl (C=O) groups excluding carboxylic acids is 1. The highest BCUT2D eigenvalue weighted by Crippen LogP contribution is 2.15. The van der Waals surface area contributed by atoms with E-state index in [2.05, 4.69) is 15.5 Å². The van der Waals surface area contributed by atoms with Gasteiger partial charge in [0.2, 0.25) is 5.91 Å². The van der Waals surface area contributed by atoms with Crippen molar-refractivity contribution in [2.75, 3.05) is 19.6 Å². The van der Waals surface area contributed by atoms with Gasteiger partial charge < -0.3 is 10.2 Å². The summed E-state index contributed by atoms with van der Waals surface area (Å²) in [5.74, 6) is 0.139. The number of H-pyrrole nitrogens is 1. The van der Waals surface area contributed by atoms with E-state index in [0.29, 0.717) is 0 Å². The lowest BCUT2D eigenvalue weighted by molar-refractivity contribution is -0.130. The van der Waals surface area contributed by atoms with Gasteiger partial charge in [-0.1, -0.05) is 0 Å². The van der Waals surface area contributed by atoms with Gasteiger partial charge in [-0.15, -0.1) is 0 Å². The van der Waals surface area contributed by atoms with Crippen LogP contribution in [0.2, 0.25) is 0 Å². The summed E-state index contributed by atoms with van der Waals surface area (Å²) in [6.07, 6.45) is 3.66. The Hall–Kier alpha value is -1.36. The van der Waals surface area contributed by atoms with E-state index in [9.17, 15) is 4.79 Å². The fraction of sp³-hybridized carbons (Fsp3) is 0.556. The summed E-state index contributed by atoms with van der Waals surface area (Å²) in [6.45, 7) is 3.98. The van der Waals surface area contributed by atoms with Crippen LogP contribution in [0.3, 0.4) is 0 Å². The van der Waals surface area contributed by atoms with Gasteiger partial charge in [-0.05, 0) is 0 Å². The average Bonchev–Trinajstić information content (AvgIpc) is 2.71. The number of hydrogen-bond donors (Lipinski definition) is 2. The first-order valence-electron chi connectivity index (χ1n) is 4.75. The van der Waals surface area contributed by atoms with Crippen LogP contribution in [0, 0.1) is 0 Å². The average molecular weight is 194 g/mol. The highest BCUT2D eigenvalue weighted by Gasteiger charge is 2.22. The van der Waals surface area contributed by atoms with Gasteiger partial charge in [0.1, 0.15) is 0 Å². The molecule has 1 amide bonds. The van der Waals surface area contributed by atoms with Crippen molar-refractivity contribution in [1.82, 2.24) is 20.4 Å². The minimum absolute atomic E-state index is 0.139. The normalized spacial score (nSPS) is 22.4. The number of aromatic nitrogens is 2. The standard InChI is InChI=1S/C9H14N4O/c1-7(14)13-3-2-10-9(6-13)8-4-11-12-5-8/h4-5,9-10H,2-3,6H2,1H3,(H,11,12). The van der Waals surface area contributed by atoms with Gasteiger partial charge in [0.05, 0.1) is 12.2 Å². The Balaban J connectivity index is 2.04. The molecule has 14 heavy (non-hydrogen) atoms. The monoisotopic (exact) mass is 194 g/mol. The smallest absolute Gasteiger partial charge is 0.219 e. The third-order valence-corrected chi connectivity index (χ3v) is 2.54. The number of amides is 1. The molecule has 0 bridgehead atoms. The van der Waals surface area contributed by atoms with Gasteiger partial charge in [0.25, 0.3) is 0 Å². The van der Waals surface area contributed by atoms with E-state index in [-0.39, 0.29) is 11.9 Å². The number of rotatable bonds is 1. The predicted octanol–water partition coefficient (Wildman–Crippen LogP) is -0.0975. The van der Waals surface area contributed by atoms with Gasteiger partial charge in [-0.2, -0.15) is 5.10 Å². The van der Waals surface area contributed by atoms with Crippen LogP contribution in [0.4, 0.5) is 0 Å². The third kappa shape index (κ3) is 1.77. The molecule has 1 aliphatic rings. The Labute approximate surface area is 82.5 Å². The molecule has 1 aromatic heterocycles. The van der Waals surface area contributed by atoms with Gasteiger partial charge in [-0.3, -0.25) is 9.89 Å². The van der Waals surface area contributed by atoms with E-state index >= 15 is 0 Å². The van der Waals surface area contributed by atoms with Gasteiger partial charge in [-0.25, -0.2) is 0 Å². The first kappa shape index (κ1) is 9.21. The summed E-state index contributed by atoms with van der Waals surface area (Å²) in [7, 11) is 0. The summed E-state index contributed by atoms with van der Waals surface area (Å²) in [5.41, 5.74) is 1.11. The fourth-order valence-corrected chi connectivity index (χ4v) is 1.71. The van der Waals surface area contributed by atoms with Crippen LogP contribution < -0.4 is 5.32 Å². The molecular formula is C9H14N4O. The van der Waals surface area contributed by atoms with E-state index in [1.165, 1.54) is 0 Å². The third-order valence-electron chi connectivity index (χ3n) is 2.54. The molecule has 0 spiro atoms. The molecule has 1 aromatic rings. The molecule has 1 atom stereocenters. The molecule has 5 heteroatoms. The first-order chi connectivity index (χ1) is 6.77. The minimum Gasteiger partial charge on any atom is -0.340 e. The summed E-state index contributed by atoms with van der Waals surface area (Å²) >= 11 is 0. The maximum Gasteiger partial charge on any atom is 0.219 e. The Morgan fingerprint density at radius 2 is 2.57 bits per heavy atom. The number of carbonyl (C=O) groups is 1. The van der Waals surface area contributed by atoms with E-state index in [1.807, 2.05) is 11.1 Å². The molecule has 1 aliphatic heterocycles. The van der Waals surface area contributed by atoms with Crippen molar-refractivity contribution in [3.05, 3.63) is 18.0 Å².